The van der Waals surface area contributed by atoms with Gasteiger partial charge in [-0.2, -0.15) is 0 Å². The van der Waals surface area contributed by atoms with E-state index in [1.165, 1.54) is 33.2 Å². The number of quaternary nitrogens is 1. The van der Waals surface area contributed by atoms with Crippen LogP contribution in [0.5, 0.6) is 0 Å². The first-order valence-electron chi connectivity index (χ1n) is 6.53. The van der Waals surface area contributed by atoms with Crippen LogP contribution >= 0.6 is 0 Å². The lowest BCUT2D eigenvalue weighted by atomic mass is 9.89. The lowest BCUT2D eigenvalue weighted by Crippen LogP contribution is -3.00. The van der Waals surface area contributed by atoms with E-state index in [1.807, 2.05) is 0 Å². The van der Waals surface area contributed by atoms with Gasteiger partial charge in [0.25, 0.3) is 0 Å². The first-order chi connectivity index (χ1) is 8.50. The van der Waals surface area contributed by atoms with Crippen molar-refractivity contribution in [2.24, 2.45) is 0 Å². The van der Waals surface area contributed by atoms with Crippen LogP contribution in [0.15, 0.2) is 42.0 Å². The van der Waals surface area contributed by atoms with Gasteiger partial charge < -0.3 is 24.0 Å². The predicted octanol–water partition coefficient (Wildman–Crippen LogP) is 1.22. The van der Waals surface area contributed by atoms with E-state index >= 15 is 0 Å². The molecule has 0 N–H and O–H groups in total. The summed E-state index contributed by atoms with van der Waals surface area (Å²) in [6.07, 6.45) is 0. The second-order valence-electron chi connectivity index (χ2n) is 6.00. The fourth-order valence-electron chi connectivity index (χ4n) is 3.07. The first kappa shape index (κ1) is 14.5. The van der Waals surface area contributed by atoms with E-state index < -0.39 is 0 Å². The van der Waals surface area contributed by atoms with Gasteiger partial charge in [-0.15, -0.1) is 0 Å². The van der Waals surface area contributed by atoms with Gasteiger partial charge >= 0.3 is 0 Å². The molecule has 3 rings (SSSR count). The Morgan fingerprint density at radius 1 is 1.00 bits per heavy atom. The van der Waals surface area contributed by atoms with Crippen molar-refractivity contribution in [3.8, 4) is 0 Å². The smallest absolute Gasteiger partial charge is 0.141 e. The summed E-state index contributed by atoms with van der Waals surface area (Å²) in [6, 6.07) is 13.3. The molecule has 1 aliphatic rings. The van der Waals surface area contributed by atoms with Gasteiger partial charge in [0.05, 0.1) is 19.5 Å². The van der Waals surface area contributed by atoms with Crippen LogP contribution in [0.2, 0.25) is 0 Å². The largest absolute Gasteiger partial charge is 1.00 e. The van der Waals surface area contributed by atoms with Gasteiger partial charge in [0.1, 0.15) is 12.2 Å². The zero-order valence-corrected chi connectivity index (χ0v) is 14.2. The van der Waals surface area contributed by atoms with Gasteiger partial charge in [-0.05, 0) is 30.9 Å². The molecule has 2 heteroatoms. The molecule has 0 bridgehead atoms. The summed E-state index contributed by atoms with van der Waals surface area (Å²) in [4.78, 5) is 0. The number of likely N-dealkylation sites (N-methyl/N-ethyl adjacent to an activating group) is 1. The molecular weight excluding hydrogens is 345 g/mol. The van der Waals surface area contributed by atoms with E-state index in [0.29, 0.717) is 0 Å². The zero-order valence-electron chi connectivity index (χ0n) is 12.0. The standard InChI is InChI=1S/C17H20N.HI/c1-12(2)15-11-18(3,4)16-10-6-8-13-7-5-9-14(15)17(13)16;/h5-10H,11H2,1-4H3;1H/q+1;/p-1. The Bertz CT molecular complexity index is 659. The number of hydrogen-bond acceptors (Lipinski definition) is 0. The molecule has 0 unspecified atom stereocenters. The fraction of sp³-hybridized carbons (Fsp3) is 0.294. The number of benzene rings is 2. The molecular formula is C17H20IN. The van der Waals surface area contributed by atoms with Crippen molar-refractivity contribution in [3.05, 3.63) is 47.5 Å². The molecule has 0 saturated heterocycles. The van der Waals surface area contributed by atoms with E-state index in [-0.39, 0.29) is 24.0 Å². The van der Waals surface area contributed by atoms with E-state index in [9.17, 15) is 0 Å². The minimum absolute atomic E-state index is 0. The van der Waals surface area contributed by atoms with Crippen LogP contribution in [0.1, 0.15) is 19.4 Å². The Kier molecular flexibility index (Phi) is 3.76. The highest BCUT2D eigenvalue weighted by Crippen LogP contribution is 2.41. The van der Waals surface area contributed by atoms with Crippen molar-refractivity contribution in [1.29, 1.82) is 0 Å². The third-order valence-electron chi connectivity index (χ3n) is 4.02. The van der Waals surface area contributed by atoms with Crippen LogP contribution in [0.3, 0.4) is 0 Å². The quantitative estimate of drug-likeness (QED) is 0.487. The molecule has 0 aromatic heterocycles. The number of hydrogen-bond donors (Lipinski definition) is 0. The van der Waals surface area contributed by atoms with Crippen LogP contribution in [-0.2, 0) is 0 Å². The van der Waals surface area contributed by atoms with E-state index in [2.05, 4.69) is 64.3 Å². The van der Waals surface area contributed by atoms with Crippen LogP contribution < -0.4 is 28.5 Å². The summed E-state index contributed by atoms with van der Waals surface area (Å²) in [5.41, 5.74) is 5.81. The topological polar surface area (TPSA) is 0 Å². The average molecular weight is 365 g/mol. The summed E-state index contributed by atoms with van der Waals surface area (Å²) in [6.45, 7) is 5.53. The molecule has 1 nitrogen and oxygen atoms in total. The molecule has 0 saturated carbocycles. The summed E-state index contributed by atoms with van der Waals surface area (Å²) >= 11 is 0. The lowest BCUT2D eigenvalue weighted by Gasteiger charge is -2.36. The maximum atomic E-state index is 2.30. The molecule has 0 spiro atoms. The second-order valence-corrected chi connectivity index (χ2v) is 6.00. The summed E-state index contributed by atoms with van der Waals surface area (Å²) < 4.78 is 0.939. The number of allylic oxidation sites excluding steroid dienone is 1. The second kappa shape index (κ2) is 4.91. The number of nitrogens with zero attached hydrogens (tertiary/aromatic N) is 1. The molecule has 0 aliphatic carbocycles. The van der Waals surface area contributed by atoms with Crippen molar-refractivity contribution in [2.45, 2.75) is 13.8 Å². The minimum atomic E-state index is 0. The highest BCUT2D eigenvalue weighted by molar-refractivity contribution is 6.04. The Morgan fingerprint density at radius 3 is 2.26 bits per heavy atom. The Morgan fingerprint density at radius 2 is 1.63 bits per heavy atom. The Labute approximate surface area is 132 Å². The highest BCUT2D eigenvalue weighted by Gasteiger charge is 2.31. The zero-order chi connectivity index (χ0) is 12.9. The molecule has 0 amide bonds. The van der Waals surface area contributed by atoms with Gasteiger partial charge in [-0.1, -0.05) is 35.9 Å². The van der Waals surface area contributed by atoms with Crippen molar-refractivity contribution < 1.29 is 24.0 Å². The van der Waals surface area contributed by atoms with Crippen LogP contribution in [-0.4, -0.2) is 20.6 Å². The minimum Gasteiger partial charge on any atom is -1.00 e. The lowest BCUT2D eigenvalue weighted by molar-refractivity contribution is -0.00000388. The predicted molar refractivity (Wildman–Crippen MR) is 80.7 cm³/mol. The monoisotopic (exact) mass is 365 g/mol. The molecule has 1 aliphatic heterocycles. The van der Waals surface area contributed by atoms with E-state index in [1.54, 1.807) is 0 Å². The Hall–Kier alpha value is -0.870. The van der Waals surface area contributed by atoms with Crippen LogP contribution in [0, 0.1) is 0 Å². The van der Waals surface area contributed by atoms with Crippen LogP contribution in [0.4, 0.5) is 5.69 Å². The summed E-state index contributed by atoms with van der Waals surface area (Å²) in [7, 11) is 4.60. The highest BCUT2D eigenvalue weighted by atomic mass is 127. The maximum absolute atomic E-state index is 2.30. The van der Waals surface area contributed by atoms with Gasteiger partial charge in [-0.3, -0.25) is 4.48 Å². The number of rotatable bonds is 0. The molecule has 0 fully saturated rings. The van der Waals surface area contributed by atoms with E-state index in [0.717, 1.165) is 11.0 Å². The SMILES string of the molecule is CC(C)=C1C[N+](C)(C)c2cccc3cccc1c23.[I-]. The Balaban J connectivity index is 0.00000133. The van der Waals surface area contributed by atoms with Crippen molar-refractivity contribution in [3.63, 3.8) is 0 Å². The normalized spacial score (nSPS) is 16.1. The first-order valence-corrected chi connectivity index (χ1v) is 6.53. The molecule has 2 aromatic carbocycles. The van der Waals surface area contributed by atoms with Gasteiger partial charge in [0.2, 0.25) is 0 Å². The third-order valence-corrected chi connectivity index (χ3v) is 4.02. The average Bonchev–Trinajstić information content (AvgIpc) is 2.33. The van der Waals surface area contributed by atoms with Gasteiger partial charge in [0.15, 0.2) is 0 Å². The molecule has 1 heterocycles. The molecule has 0 radical (unpaired) electrons. The summed E-state index contributed by atoms with van der Waals surface area (Å²) in [5, 5.41) is 2.79. The molecule has 2 aromatic rings. The number of halogens is 1. The summed E-state index contributed by atoms with van der Waals surface area (Å²) in [5.74, 6) is 0. The fourth-order valence-corrected chi connectivity index (χ4v) is 3.07. The van der Waals surface area contributed by atoms with Gasteiger partial charge in [-0.25, -0.2) is 0 Å². The molecule has 19 heavy (non-hydrogen) atoms. The van der Waals surface area contributed by atoms with Crippen molar-refractivity contribution in [2.75, 3.05) is 20.6 Å². The van der Waals surface area contributed by atoms with Gasteiger partial charge in [0, 0.05) is 5.57 Å². The van der Waals surface area contributed by atoms with Crippen molar-refractivity contribution in [1.82, 2.24) is 4.48 Å². The van der Waals surface area contributed by atoms with Crippen molar-refractivity contribution >= 4 is 22.0 Å². The van der Waals surface area contributed by atoms with E-state index in [4.69, 9.17) is 0 Å². The maximum Gasteiger partial charge on any atom is 0.141 e. The third kappa shape index (κ3) is 2.21. The molecule has 0 atom stereocenters. The van der Waals surface area contributed by atoms with Crippen LogP contribution in [0.25, 0.3) is 16.3 Å². The molecule has 100 valence electrons.